The minimum atomic E-state index is -4.76. The van der Waals surface area contributed by atoms with E-state index in [1.54, 1.807) is 0 Å². The number of alkyl halides is 3. The number of rotatable bonds is 1. The third kappa shape index (κ3) is 3.39. The van der Waals surface area contributed by atoms with Crippen LogP contribution in [0.4, 0.5) is 13.2 Å². The Hall–Kier alpha value is -0.740. The summed E-state index contributed by atoms with van der Waals surface area (Å²) in [7, 11) is 0. The van der Waals surface area contributed by atoms with E-state index in [1.165, 1.54) is 0 Å². The highest BCUT2D eigenvalue weighted by Gasteiger charge is 2.40. The average Bonchev–Trinajstić information content (AvgIpc) is 2.10. The third-order valence-corrected chi connectivity index (χ3v) is 3.19. The molecule has 5 heteroatoms. The smallest absolute Gasteiger partial charge is 0.346 e. The van der Waals surface area contributed by atoms with Crippen LogP contribution in [-0.4, -0.2) is 18.1 Å². The number of carbonyl (C=O) groups excluding carboxylic acids is 1. The van der Waals surface area contributed by atoms with Crippen molar-refractivity contribution < 1.29 is 18.0 Å². The number of hydrogen-bond donors (Lipinski definition) is 1. The maximum absolute atomic E-state index is 12.0. The molecule has 1 N–H and O–H groups in total. The molecular formula is C10H16F3NO. The summed E-state index contributed by atoms with van der Waals surface area (Å²) in [5.74, 6) is -0.907. The zero-order chi connectivity index (χ0) is 11.6. The van der Waals surface area contributed by atoms with Crippen LogP contribution in [0.15, 0.2) is 0 Å². The summed E-state index contributed by atoms with van der Waals surface area (Å²) in [5, 5.41) is 2.05. The van der Waals surface area contributed by atoms with Gasteiger partial charge in [0.1, 0.15) is 0 Å². The van der Waals surface area contributed by atoms with Crippen LogP contribution < -0.4 is 5.32 Å². The molecule has 0 radical (unpaired) electrons. The summed E-state index contributed by atoms with van der Waals surface area (Å²) in [6, 6.07) is -0.315. The first kappa shape index (κ1) is 12.3. The summed E-state index contributed by atoms with van der Waals surface area (Å²) in [5.41, 5.74) is 0. The van der Waals surface area contributed by atoms with Crippen LogP contribution in [0.1, 0.15) is 33.1 Å². The lowest BCUT2D eigenvalue weighted by Crippen LogP contribution is -2.45. The summed E-state index contributed by atoms with van der Waals surface area (Å²) < 4.78 is 35.9. The zero-order valence-corrected chi connectivity index (χ0v) is 8.90. The van der Waals surface area contributed by atoms with Gasteiger partial charge in [0.05, 0.1) is 0 Å². The molecule has 1 aliphatic rings. The van der Waals surface area contributed by atoms with Crippen molar-refractivity contribution in [3.05, 3.63) is 0 Å². The topological polar surface area (TPSA) is 29.1 Å². The van der Waals surface area contributed by atoms with Gasteiger partial charge >= 0.3 is 12.1 Å². The molecule has 0 bridgehead atoms. The third-order valence-electron chi connectivity index (χ3n) is 3.19. The fraction of sp³-hybridized carbons (Fsp3) is 0.900. The quantitative estimate of drug-likeness (QED) is 0.727. The van der Waals surface area contributed by atoms with Crippen molar-refractivity contribution in [2.24, 2.45) is 11.8 Å². The van der Waals surface area contributed by atoms with Gasteiger partial charge in [-0.25, -0.2) is 0 Å². The second-order valence-electron chi connectivity index (χ2n) is 4.44. The second kappa shape index (κ2) is 4.41. The highest BCUT2D eigenvalue weighted by molar-refractivity contribution is 5.81. The first-order valence-corrected chi connectivity index (χ1v) is 5.18. The molecule has 88 valence electrons. The van der Waals surface area contributed by atoms with E-state index < -0.39 is 12.1 Å². The summed E-state index contributed by atoms with van der Waals surface area (Å²) >= 11 is 0. The van der Waals surface area contributed by atoms with Crippen molar-refractivity contribution >= 4 is 5.91 Å². The van der Waals surface area contributed by atoms with Crippen LogP contribution >= 0.6 is 0 Å². The van der Waals surface area contributed by atoms with Gasteiger partial charge in [-0.05, 0) is 31.1 Å². The Morgan fingerprint density at radius 2 is 1.80 bits per heavy atom. The number of hydrogen-bond acceptors (Lipinski definition) is 1. The van der Waals surface area contributed by atoms with Gasteiger partial charge in [0, 0.05) is 6.04 Å². The van der Waals surface area contributed by atoms with Crippen molar-refractivity contribution in [1.82, 2.24) is 5.32 Å². The van der Waals surface area contributed by atoms with Crippen molar-refractivity contribution in [1.29, 1.82) is 0 Å². The molecule has 1 aliphatic carbocycles. The molecule has 0 aromatic rings. The van der Waals surface area contributed by atoms with Gasteiger partial charge in [-0.2, -0.15) is 13.2 Å². The van der Waals surface area contributed by atoms with E-state index in [1.807, 2.05) is 12.2 Å². The molecule has 1 fully saturated rings. The number of halogens is 3. The van der Waals surface area contributed by atoms with E-state index >= 15 is 0 Å². The minimum Gasteiger partial charge on any atom is -0.346 e. The van der Waals surface area contributed by atoms with Crippen molar-refractivity contribution in [3.63, 3.8) is 0 Å². The van der Waals surface area contributed by atoms with Crippen LogP contribution in [0, 0.1) is 11.8 Å². The maximum atomic E-state index is 12.0. The molecule has 0 unspecified atom stereocenters. The fourth-order valence-corrected chi connectivity index (χ4v) is 1.95. The lowest BCUT2D eigenvalue weighted by Gasteiger charge is -2.32. The van der Waals surface area contributed by atoms with Gasteiger partial charge in [0.25, 0.3) is 0 Å². The van der Waals surface area contributed by atoms with Crippen molar-refractivity contribution in [2.75, 3.05) is 0 Å². The lowest BCUT2D eigenvalue weighted by molar-refractivity contribution is -0.174. The van der Waals surface area contributed by atoms with Gasteiger partial charge in [-0.15, -0.1) is 0 Å². The Labute approximate surface area is 87.2 Å². The maximum Gasteiger partial charge on any atom is 0.471 e. The number of amides is 1. The SMILES string of the molecule is C[C@@H]1CC[C@H](NC(=O)C(F)(F)F)C[C@@H]1C. The standard InChI is InChI=1S/C10H16F3NO/c1-6-3-4-8(5-7(6)2)14-9(15)10(11,12)13/h6-8H,3-5H2,1-2H3,(H,14,15)/t6-,7+,8+/m1/s1. The Morgan fingerprint density at radius 3 is 2.27 bits per heavy atom. The highest BCUT2D eigenvalue weighted by Crippen LogP contribution is 2.29. The largest absolute Gasteiger partial charge is 0.471 e. The van der Waals surface area contributed by atoms with Gasteiger partial charge < -0.3 is 5.32 Å². The van der Waals surface area contributed by atoms with Gasteiger partial charge in [-0.3, -0.25) is 4.79 Å². The van der Waals surface area contributed by atoms with Crippen molar-refractivity contribution in [2.45, 2.75) is 45.3 Å². The number of nitrogens with one attached hydrogen (secondary N) is 1. The first-order chi connectivity index (χ1) is 6.80. The molecule has 1 amide bonds. The Bertz CT molecular complexity index is 239. The van der Waals surface area contributed by atoms with Crippen LogP contribution in [0.2, 0.25) is 0 Å². The lowest BCUT2D eigenvalue weighted by atomic mass is 9.79. The monoisotopic (exact) mass is 223 g/mol. The Kier molecular flexibility index (Phi) is 3.62. The van der Waals surface area contributed by atoms with E-state index in [4.69, 9.17) is 0 Å². The van der Waals surface area contributed by atoms with Crippen molar-refractivity contribution in [3.8, 4) is 0 Å². The average molecular weight is 223 g/mol. The molecule has 1 rings (SSSR count). The second-order valence-corrected chi connectivity index (χ2v) is 4.44. The predicted molar refractivity (Wildman–Crippen MR) is 50.2 cm³/mol. The molecule has 15 heavy (non-hydrogen) atoms. The molecule has 0 heterocycles. The fourth-order valence-electron chi connectivity index (χ4n) is 1.95. The Morgan fingerprint density at radius 1 is 1.20 bits per heavy atom. The predicted octanol–water partition coefficient (Wildman–Crippen LogP) is 2.49. The van der Waals surface area contributed by atoms with Gasteiger partial charge in [0.15, 0.2) is 0 Å². The molecule has 0 aromatic heterocycles. The molecule has 3 atom stereocenters. The first-order valence-electron chi connectivity index (χ1n) is 5.18. The summed E-state index contributed by atoms with van der Waals surface area (Å²) in [6.07, 6.45) is -2.59. The highest BCUT2D eigenvalue weighted by atomic mass is 19.4. The Balaban J connectivity index is 2.44. The summed E-state index contributed by atoms with van der Waals surface area (Å²) in [6.45, 7) is 4.10. The molecular weight excluding hydrogens is 207 g/mol. The molecule has 0 aliphatic heterocycles. The molecule has 1 saturated carbocycles. The van der Waals surface area contributed by atoms with E-state index in [9.17, 15) is 18.0 Å². The summed E-state index contributed by atoms with van der Waals surface area (Å²) in [4.78, 5) is 10.7. The minimum absolute atomic E-state index is 0.315. The van der Waals surface area contributed by atoms with Gasteiger partial charge in [0.2, 0.25) is 0 Å². The van der Waals surface area contributed by atoms with E-state index in [-0.39, 0.29) is 6.04 Å². The van der Waals surface area contributed by atoms with Crippen LogP contribution in [-0.2, 0) is 4.79 Å². The molecule has 0 spiro atoms. The van der Waals surface area contributed by atoms with Crippen LogP contribution in [0.3, 0.4) is 0 Å². The molecule has 0 aromatic carbocycles. The van der Waals surface area contributed by atoms with Crippen LogP contribution in [0.25, 0.3) is 0 Å². The molecule has 2 nitrogen and oxygen atoms in total. The zero-order valence-electron chi connectivity index (χ0n) is 8.90. The number of carbonyl (C=O) groups is 1. The van der Waals surface area contributed by atoms with E-state index in [0.717, 1.165) is 6.42 Å². The van der Waals surface area contributed by atoms with Crippen LogP contribution in [0.5, 0.6) is 0 Å². The van der Waals surface area contributed by atoms with Gasteiger partial charge in [-0.1, -0.05) is 13.8 Å². The van der Waals surface area contributed by atoms with E-state index in [0.29, 0.717) is 24.7 Å². The molecule has 0 saturated heterocycles. The van der Waals surface area contributed by atoms with E-state index in [2.05, 4.69) is 6.92 Å². The normalized spacial score (nSPS) is 32.5.